The molecule has 0 bridgehead atoms. The van der Waals surface area contributed by atoms with Crippen LogP contribution in [0.2, 0.25) is 0 Å². The van der Waals surface area contributed by atoms with Gasteiger partial charge in [-0.1, -0.05) is 12.1 Å². The molecule has 0 radical (unpaired) electrons. The normalized spacial score (nSPS) is 10.3. The van der Waals surface area contributed by atoms with E-state index in [1.807, 2.05) is 31.2 Å². The monoisotopic (exact) mass is 263 g/mol. The molecule has 1 aromatic heterocycles. The van der Waals surface area contributed by atoms with Gasteiger partial charge in [0.15, 0.2) is 0 Å². The average molecular weight is 263 g/mol. The van der Waals surface area contributed by atoms with Gasteiger partial charge >= 0.3 is 5.97 Å². The number of aromatic nitrogens is 1. The summed E-state index contributed by atoms with van der Waals surface area (Å²) in [6, 6.07) is 7.32. The van der Waals surface area contributed by atoms with Crippen LogP contribution in [0.5, 0.6) is 5.75 Å². The average Bonchev–Trinajstić information content (AvgIpc) is 2.72. The summed E-state index contributed by atoms with van der Waals surface area (Å²) in [6.07, 6.45) is 0. The van der Waals surface area contributed by atoms with Crippen LogP contribution in [-0.2, 0) is 0 Å². The molecule has 4 nitrogen and oxygen atoms in total. The fourth-order valence-electron chi connectivity index (χ4n) is 1.67. The number of aromatic carboxylic acids is 1. The van der Waals surface area contributed by atoms with E-state index in [1.165, 1.54) is 11.3 Å². The standard InChI is InChI=1S/C13H13NO3S/c1-3-17-10-6-4-5-9(7-10)11-12(13(15)16)18-8(2)14-11/h4-7H,3H2,1-2H3,(H,15,16). The lowest BCUT2D eigenvalue weighted by Gasteiger charge is -2.05. The lowest BCUT2D eigenvalue weighted by atomic mass is 10.1. The Morgan fingerprint density at radius 2 is 2.28 bits per heavy atom. The molecule has 94 valence electrons. The highest BCUT2D eigenvalue weighted by atomic mass is 32.1. The summed E-state index contributed by atoms with van der Waals surface area (Å²) >= 11 is 1.19. The molecule has 18 heavy (non-hydrogen) atoms. The molecule has 0 aliphatic carbocycles. The molecule has 0 atom stereocenters. The molecule has 1 aromatic carbocycles. The Bertz CT molecular complexity index is 577. The maximum Gasteiger partial charge on any atom is 0.348 e. The van der Waals surface area contributed by atoms with Crippen LogP contribution in [0.25, 0.3) is 11.3 Å². The van der Waals surface area contributed by atoms with Crippen molar-refractivity contribution in [3.05, 3.63) is 34.2 Å². The van der Waals surface area contributed by atoms with E-state index in [0.29, 0.717) is 12.3 Å². The highest BCUT2D eigenvalue weighted by Gasteiger charge is 2.17. The summed E-state index contributed by atoms with van der Waals surface area (Å²) in [5.74, 6) is -0.227. The number of benzene rings is 1. The smallest absolute Gasteiger partial charge is 0.348 e. The first-order chi connectivity index (χ1) is 8.61. The Kier molecular flexibility index (Phi) is 3.62. The number of hydrogen-bond acceptors (Lipinski definition) is 4. The second-order valence-corrected chi connectivity index (χ2v) is 4.88. The maximum absolute atomic E-state index is 11.2. The number of carbonyl (C=O) groups is 1. The van der Waals surface area contributed by atoms with Crippen LogP contribution < -0.4 is 4.74 Å². The van der Waals surface area contributed by atoms with Crippen molar-refractivity contribution in [2.75, 3.05) is 6.61 Å². The molecule has 2 rings (SSSR count). The molecule has 0 amide bonds. The predicted octanol–water partition coefficient (Wildman–Crippen LogP) is 3.22. The second kappa shape index (κ2) is 5.18. The van der Waals surface area contributed by atoms with E-state index in [2.05, 4.69) is 4.98 Å². The van der Waals surface area contributed by atoms with Gasteiger partial charge in [-0.3, -0.25) is 0 Å². The van der Waals surface area contributed by atoms with Crippen molar-refractivity contribution in [3.63, 3.8) is 0 Å². The van der Waals surface area contributed by atoms with Crippen molar-refractivity contribution >= 4 is 17.3 Å². The number of carboxylic acids is 1. The Morgan fingerprint density at radius 1 is 1.50 bits per heavy atom. The molecule has 0 unspecified atom stereocenters. The molecular weight excluding hydrogens is 250 g/mol. The van der Waals surface area contributed by atoms with E-state index in [1.54, 1.807) is 6.92 Å². The molecule has 0 saturated heterocycles. The minimum absolute atomic E-state index is 0.265. The van der Waals surface area contributed by atoms with Gasteiger partial charge < -0.3 is 9.84 Å². The van der Waals surface area contributed by atoms with Gasteiger partial charge in [0.25, 0.3) is 0 Å². The van der Waals surface area contributed by atoms with E-state index >= 15 is 0 Å². The molecule has 2 aromatic rings. The van der Waals surface area contributed by atoms with Crippen LogP contribution in [0.3, 0.4) is 0 Å². The van der Waals surface area contributed by atoms with Gasteiger partial charge in [0.2, 0.25) is 0 Å². The molecule has 0 saturated carbocycles. The van der Waals surface area contributed by atoms with Crippen LogP contribution in [0.4, 0.5) is 0 Å². The first-order valence-corrected chi connectivity index (χ1v) is 6.37. The van der Waals surface area contributed by atoms with Gasteiger partial charge in [0, 0.05) is 5.56 Å². The van der Waals surface area contributed by atoms with Crippen molar-refractivity contribution in [2.45, 2.75) is 13.8 Å². The molecule has 1 N–H and O–H groups in total. The van der Waals surface area contributed by atoms with Crippen molar-refractivity contribution in [3.8, 4) is 17.0 Å². The molecular formula is C13H13NO3S. The number of carboxylic acid groups (broad SMARTS) is 1. The van der Waals surface area contributed by atoms with E-state index < -0.39 is 5.97 Å². The summed E-state index contributed by atoms with van der Waals surface area (Å²) in [7, 11) is 0. The first-order valence-electron chi connectivity index (χ1n) is 5.55. The predicted molar refractivity (Wildman–Crippen MR) is 70.4 cm³/mol. The second-order valence-electron chi connectivity index (χ2n) is 3.68. The van der Waals surface area contributed by atoms with Crippen LogP contribution in [0.1, 0.15) is 21.6 Å². The fourth-order valence-corrected chi connectivity index (χ4v) is 2.45. The van der Waals surface area contributed by atoms with Crippen molar-refractivity contribution < 1.29 is 14.6 Å². The quantitative estimate of drug-likeness (QED) is 0.920. The van der Waals surface area contributed by atoms with Gasteiger partial charge in [-0.2, -0.15) is 0 Å². The highest BCUT2D eigenvalue weighted by molar-refractivity contribution is 7.14. The van der Waals surface area contributed by atoms with Crippen LogP contribution in [0.15, 0.2) is 24.3 Å². The van der Waals surface area contributed by atoms with Crippen molar-refractivity contribution in [2.24, 2.45) is 0 Å². The number of hydrogen-bond donors (Lipinski definition) is 1. The van der Waals surface area contributed by atoms with E-state index in [-0.39, 0.29) is 4.88 Å². The summed E-state index contributed by atoms with van der Waals surface area (Å²) in [5, 5.41) is 9.89. The zero-order valence-electron chi connectivity index (χ0n) is 10.1. The van der Waals surface area contributed by atoms with Gasteiger partial charge in [0.05, 0.1) is 17.3 Å². The zero-order chi connectivity index (χ0) is 13.1. The van der Waals surface area contributed by atoms with Crippen LogP contribution >= 0.6 is 11.3 Å². The largest absolute Gasteiger partial charge is 0.494 e. The van der Waals surface area contributed by atoms with Gasteiger partial charge in [-0.15, -0.1) is 11.3 Å². The molecule has 0 aliphatic rings. The molecule has 0 aliphatic heterocycles. The topological polar surface area (TPSA) is 59.4 Å². The van der Waals surface area contributed by atoms with Crippen LogP contribution in [0, 0.1) is 6.92 Å². The number of nitrogens with zero attached hydrogens (tertiary/aromatic N) is 1. The number of aryl methyl sites for hydroxylation is 1. The summed E-state index contributed by atoms with van der Waals surface area (Å²) in [6.45, 7) is 4.28. The third kappa shape index (κ3) is 2.51. The highest BCUT2D eigenvalue weighted by Crippen LogP contribution is 2.30. The third-order valence-corrected chi connectivity index (χ3v) is 3.31. The summed E-state index contributed by atoms with van der Waals surface area (Å²) < 4.78 is 5.40. The van der Waals surface area contributed by atoms with Gasteiger partial charge in [-0.05, 0) is 26.0 Å². The number of rotatable bonds is 4. The first kappa shape index (κ1) is 12.6. The number of ether oxygens (including phenoxy) is 1. The lowest BCUT2D eigenvalue weighted by Crippen LogP contribution is -1.96. The lowest BCUT2D eigenvalue weighted by molar-refractivity contribution is 0.0702. The van der Waals surface area contributed by atoms with Crippen molar-refractivity contribution in [1.29, 1.82) is 0 Å². The third-order valence-electron chi connectivity index (χ3n) is 2.35. The Balaban J connectivity index is 2.47. The molecule has 5 heteroatoms. The van der Waals surface area contributed by atoms with E-state index in [9.17, 15) is 4.79 Å². The number of thiazole rings is 1. The minimum Gasteiger partial charge on any atom is -0.494 e. The molecule has 1 heterocycles. The van der Waals surface area contributed by atoms with Gasteiger partial charge in [0.1, 0.15) is 10.6 Å². The Labute approximate surface area is 109 Å². The van der Waals surface area contributed by atoms with Crippen molar-refractivity contribution in [1.82, 2.24) is 4.98 Å². The zero-order valence-corrected chi connectivity index (χ0v) is 11.0. The summed E-state index contributed by atoms with van der Waals surface area (Å²) in [4.78, 5) is 15.7. The molecule has 0 spiro atoms. The molecule has 0 fully saturated rings. The van der Waals surface area contributed by atoms with Gasteiger partial charge in [-0.25, -0.2) is 9.78 Å². The Morgan fingerprint density at radius 3 is 2.94 bits per heavy atom. The summed E-state index contributed by atoms with van der Waals surface area (Å²) in [5.41, 5.74) is 1.27. The van der Waals surface area contributed by atoms with Crippen LogP contribution in [-0.4, -0.2) is 22.7 Å². The van der Waals surface area contributed by atoms with E-state index in [0.717, 1.165) is 16.3 Å². The Hall–Kier alpha value is -1.88. The maximum atomic E-state index is 11.2. The minimum atomic E-state index is -0.947. The fraction of sp³-hybridized carbons (Fsp3) is 0.231. The van der Waals surface area contributed by atoms with E-state index in [4.69, 9.17) is 9.84 Å². The SMILES string of the molecule is CCOc1cccc(-c2nc(C)sc2C(=O)O)c1.